The summed E-state index contributed by atoms with van der Waals surface area (Å²) in [7, 11) is 3.28. The molecule has 170 valence electrons. The van der Waals surface area contributed by atoms with Crippen LogP contribution in [0.2, 0.25) is 0 Å². The Bertz CT molecular complexity index is 1160. The molecule has 6 nitrogen and oxygen atoms in total. The lowest BCUT2D eigenvalue weighted by molar-refractivity contribution is -0.132. The highest BCUT2D eigenvalue weighted by Gasteiger charge is 2.33. The van der Waals surface area contributed by atoms with E-state index in [0.29, 0.717) is 43.4 Å². The molecule has 0 spiro atoms. The molecule has 0 unspecified atom stereocenters. The first-order chi connectivity index (χ1) is 16.2. The summed E-state index contributed by atoms with van der Waals surface area (Å²) in [5.41, 5.74) is 4.22. The first kappa shape index (κ1) is 21.2. The van der Waals surface area contributed by atoms with E-state index in [9.17, 15) is 4.79 Å². The molecule has 2 aliphatic rings. The minimum atomic E-state index is -0.195. The second-order valence-corrected chi connectivity index (χ2v) is 8.21. The number of hydrogen-bond donors (Lipinski definition) is 0. The van der Waals surface area contributed by atoms with Crippen LogP contribution in [0.1, 0.15) is 28.3 Å². The molecule has 6 heteroatoms. The highest BCUT2D eigenvalue weighted by atomic mass is 16.6. The fourth-order valence-corrected chi connectivity index (χ4v) is 4.68. The van der Waals surface area contributed by atoms with E-state index in [4.69, 9.17) is 18.9 Å². The van der Waals surface area contributed by atoms with Crippen molar-refractivity contribution in [1.82, 2.24) is 4.90 Å². The molecule has 0 N–H and O–H groups in total. The van der Waals surface area contributed by atoms with E-state index in [1.54, 1.807) is 14.2 Å². The largest absolute Gasteiger partial charge is 0.493 e. The van der Waals surface area contributed by atoms with Crippen LogP contribution in [0.3, 0.4) is 0 Å². The van der Waals surface area contributed by atoms with Gasteiger partial charge in [0.1, 0.15) is 13.2 Å². The molecule has 33 heavy (non-hydrogen) atoms. The normalized spacial score (nSPS) is 16.7. The van der Waals surface area contributed by atoms with Gasteiger partial charge in [0.25, 0.3) is 0 Å². The SMILES string of the molecule is COc1cc2c(cc1OC)[C@H](c1ccccc1)N(C(=O)Cc1ccc3c(c1)OCCO3)CC2. The summed E-state index contributed by atoms with van der Waals surface area (Å²) in [5.74, 6) is 2.87. The lowest BCUT2D eigenvalue weighted by atomic mass is 9.87. The van der Waals surface area contributed by atoms with Gasteiger partial charge in [-0.15, -0.1) is 0 Å². The summed E-state index contributed by atoms with van der Waals surface area (Å²) < 4.78 is 22.4. The van der Waals surface area contributed by atoms with E-state index in [2.05, 4.69) is 12.1 Å². The van der Waals surface area contributed by atoms with E-state index in [0.717, 1.165) is 28.9 Å². The summed E-state index contributed by atoms with van der Waals surface area (Å²) >= 11 is 0. The molecular formula is C27H27NO5. The quantitative estimate of drug-likeness (QED) is 0.589. The molecule has 1 atom stereocenters. The molecule has 0 fully saturated rings. The molecule has 5 rings (SSSR count). The topological polar surface area (TPSA) is 57.2 Å². The van der Waals surface area contributed by atoms with Gasteiger partial charge in [-0.3, -0.25) is 4.79 Å². The average Bonchev–Trinajstić information content (AvgIpc) is 2.87. The highest BCUT2D eigenvalue weighted by Crippen LogP contribution is 2.41. The molecule has 0 bridgehead atoms. The predicted octanol–water partition coefficient (Wildman–Crippen LogP) is 4.19. The van der Waals surface area contributed by atoms with E-state index >= 15 is 0 Å². The molecule has 0 saturated heterocycles. The van der Waals surface area contributed by atoms with Crippen molar-refractivity contribution in [2.75, 3.05) is 34.0 Å². The number of methoxy groups -OCH3 is 2. The summed E-state index contributed by atoms with van der Waals surface area (Å²) in [6, 6.07) is 19.7. The van der Waals surface area contributed by atoms with Gasteiger partial charge in [0, 0.05) is 6.54 Å². The Morgan fingerprint density at radius 1 is 0.939 bits per heavy atom. The summed E-state index contributed by atoms with van der Waals surface area (Å²) in [5, 5.41) is 0. The smallest absolute Gasteiger partial charge is 0.227 e. The zero-order valence-electron chi connectivity index (χ0n) is 18.9. The van der Waals surface area contributed by atoms with Crippen LogP contribution < -0.4 is 18.9 Å². The van der Waals surface area contributed by atoms with Crippen LogP contribution in [0.5, 0.6) is 23.0 Å². The number of fused-ring (bicyclic) bond motifs is 2. The third-order valence-electron chi connectivity index (χ3n) is 6.27. The Morgan fingerprint density at radius 3 is 2.42 bits per heavy atom. The summed E-state index contributed by atoms with van der Waals surface area (Å²) in [6.07, 6.45) is 1.05. The van der Waals surface area contributed by atoms with Crippen molar-refractivity contribution >= 4 is 5.91 Å². The van der Waals surface area contributed by atoms with Gasteiger partial charge in [-0.1, -0.05) is 36.4 Å². The Hall–Kier alpha value is -3.67. The number of hydrogen-bond acceptors (Lipinski definition) is 5. The molecule has 0 radical (unpaired) electrons. The molecule has 0 aromatic heterocycles. The van der Waals surface area contributed by atoms with Crippen molar-refractivity contribution in [3.63, 3.8) is 0 Å². The first-order valence-electron chi connectivity index (χ1n) is 11.2. The molecular weight excluding hydrogens is 418 g/mol. The van der Waals surface area contributed by atoms with Crippen LogP contribution in [-0.2, 0) is 17.6 Å². The minimum absolute atomic E-state index is 0.0703. The maximum Gasteiger partial charge on any atom is 0.227 e. The number of nitrogens with zero attached hydrogens (tertiary/aromatic N) is 1. The first-order valence-corrected chi connectivity index (χ1v) is 11.2. The molecule has 0 aliphatic carbocycles. The fraction of sp³-hybridized carbons (Fsp3) is 0.296. The average molecular weight is 446 g/mol. The third kappa shape index (κ3) is 4.09. The van der Waals surface area contributed by atoms with Gasteiger partial charge < -0.3 is 23.8 Å². The van der Waals surface area contributed by atoms with Crippen molar-refractivity contribution in [3.8, 4) is 23.0 Å². The Balaban J connectivity index is 1.49. The van der Waals surface area contributed by atoms with Crippen LogP contribution >= 0.6 is 0 Å². The highest BCUT2D eigenvalue weighted by molar-refractivity contribution is 5.80. The molecule has 2 aliphatic heterocycles. The molecule has 0 saturated carbocycles. The molecule has 3 aromatic carbocycles. The van der Waals surface area contributed by atoms with Crippen LogP contribution in [-0.4, -0.2) is 44.8 Å². The second-order valence-electron chi connectivity index (χ2n) is 8.21. The third-order valence-corrected chi connectivity index (χ3v) is 6.27. The van der Waals surface area contributed by atoms with Gasteiger partial charge in [0.05, 0.1) is 26.7 Å². The van der Waals surface area contributed by atoms with Crippen molar-refractivity contribution in [2.24, 2.45) is 0 Å². The van der Waals surface area contributed by atoms with E-state index in [-0.39, 0.29) is 11.9 Å². The van der Waals surface area contributed by atoms with Crippen molar-refractivity contribution in [1.29, 1.82) is 0 Å². The molecule has 3 aromatic rings. The van der Waals surface area contributed by atoms with E-state index in [1.165, 1.54) is 5.56 Å². The van der Waals surface area contributed by atoms with Gasteiger partial charge in [0.2, 0.25) is 5.91 Å². The fourth-order valence-electron chi connectivity index (χ4n) is 4.68. The van der Waals surface area contributed by atoms with Gasteiger partial charge in [0.15, 0.2) is 23.0 Å². The van der Waals surface area contributed by atoms with E-state index in [1.807, 2.05) is 53.4 Å². The van der Waals surface area contributed by atoms with Gasteiger partial charge in [-0.2, -0.15) is 0 Å². The Morgan fingerprint density at radius 2 is 1.67 bits per heavy atom. The van der Waals surface area contributed by atoms with Crippen LogP contribution in [0.15, 0.2) is 60.7 Å². The van der Waals surface area contributed by atoms with Crippen LogP contribution in [0.25, 0.3) is 0 Å². The number of ether oxygens (including phenoxy) is 4. The van der Waals surface area contributed by atoms with Gasteiger partial charge >= 0.3 is 0 Å². The predicted molar refractivity (Wildman–Crippen MR) is 124 cm³/mol. The number of carbonyl (C=O) groups is 1. The Labute approximate surface area is 193 Å². The standard InChI is InChI=1S/C27H27NO5/c1-30-23-16-20-10-11-28(26(29)15-18-8-9-22-25(14-18)33-13-12-32-22)27(19-6-4-3-5-7-19)21(20)17-24(23)31-2/h3-9,14,16-17,27H,10-13,15H2,1-2H3/t27-/m0/s1. The number of amides is 1. The second kappa shape index (κ2) is 9.06. The van der Waals surface area contributed by atoms with Gasteiger partial charge in [-0.25, -0.2) is 0 Å². The number of carbonyl (C=O) groups excluding carboxylic acids is 1. The lowest BCUT2D eigenvalue weighted by Crippen LogP contribution is -2.41. The lowest BCUT2D eigenvalue weighted by Gasteiger charge is -2.38. The zero-order valence-corrected chi connectivity index (χ0v) is 18.9. The van der Waals surface area contributed by atoms with Crippen molar-refractivity contribution in [3.05, 3.63) is 82.9 Å². The number of benzene rings is 3. The van der Waals surface area contributed by atoms with Gasteiger partial charge in [-0.05, 0) is 52.9 Å². The maximum atomic E-state index is 13.6. The van der Waals surface area contributed by atoms with Crippen LogP contribution in [0, 0.1) is 0 Å². The zero-order chi connectivity index (χ0) is 22.8. The minimum Gasteiger partial charge on any atom is -0.493 e. The van der Waals surface area contributed by atoms with Crippen molar-refractivity contribution in [2.45, 2.75) is 18.9 Å². The maximum absolute atomic E-state index is 13.6. The van der Waals surface area contributed by atoms with Crippen molar-refractivity contribution < 1.29 is 23.7 Å². The van der Waals surface area contributed by atoms with Crippen LogP contribution in [0.4, 0.5) is 0 Å². The Kier molecular flexibility index (Phi) is 5.82. The summed E-state index contributed by atoms with van der Waals surface area (Å²) in [6.45, 7) is 1.70. The number of rotatable bonds is 5. The van der Waals surface area contributed by atoms with E-state index < -0.39 is 0 Å². The monoisotopic (exact) mass is 445 g/mol. The summed E-state index contributed by atoms with van der Waals surface area (Å²) in [4.78, 5) is 15.6. The molecule has 1 amide bonds. The molecule has 2 heterocycles.